The molecule has 166 valence electrons. The van der Waals surface area contributed by atoms with E-state index in [1.807, 2.05) is 24.3 Å². The predicted molar refractivity (Wildman–Crippen MR) is 119 cm³/mol. The summed E-state index contributed by atoms with van der Waals surface area (Å²) in [5.41, 5.74) is 7.92. The van der Waals surface area contributed by atoms with Crippen molar-refractivity contribution in [1.29, 1.82) is 0 Å². The molecule has 0 radical (unpaired) electrons. The van der Waals surface area contributed by atoms with Crippen LogP contribution in [-0.4, -0.2) is 83.5 Å². The number of nitrogens with zero attached hydrogens (tertiary/aromatic N) is 4. The fourth-order valence-corrected chi connectivity index (χ4v) is 5.39. The van der Waals surface area contributed by atoms with Crippen LogP contribution in [0.5, 0.6) is 0 Å². The van der Waals surface area contributed by atoms with Crippen LogP contribution < -0.4 is 10.9 Å². The van der Waals surface area contributed by atoms with E-state index in [1.165, 1.54) is 18.4 Å². The van der Waals surface area contributed by atoms with Gasteiger partial charge in [-0.25, -0.2) is 0 Å². The third kappa shape index (κ3) is 5.58. The van der Waals surface area contributed by atoms with Crippen molar-refractivity contribution in [3.05, 3.63) is 30.1 Å². The van der Waals surface area contributed by atoms with Crippen LogP contribution >= 0.6 is 0 Å². The summed E-state index contributed by atoms with van der Waals surface area (Å²) in [7, 11) is 1.98. The molecular formula is C23H38N6O. The van der Waals surface area contributed by atoms with Crippen molar-refractivity contribution in [3.8, 4) is 0 Å². The maximum absolute atomic E-state index is 13.1. The summed E-state index contributed by atoms with van der Waals surface area (Å²) in [6.45, 7) is 8.35. The van der Waals surface area contributed by atoms with Gasteiger partial charge in [0.1, 0.15) is 0 Å². The van der Waals surface area contributed by atoms with Gasteiger partial charge in [-0.05, 0) is 76.4 Å². The van der Waals surface area contributed by atoms with E-state index in [2.05, 4.69) is 44.7 Å². The Kier molecular flexibility index (Phi) is 7.36. The number of piperidine rings is 2. The van der Waals surface area contributed by atoms with Crippen LogP contribution in [0.25, 0.3) is 0 Å². The van der Waals surface area contributed by atoms with E-state index < -0.39 is 0 Å². The van der Waals surface area contributed by atoms with Gasteiger partial charge in [-0.1, -0.05) is 0 Å². The zero-order valence-electron chi connectivity index (χ0n) is 18.6. The van der Waals surface area contributed by atoms with Gasteiger partial charge in [-0.2, -0.15) is 0 Å². The first-order valence-corrected chi connectivity index (χ1v) is 11.7. The molecule has 4 rings (SSSR count). The second-order valence-electron chi connectivity index (χ2n) is 9.54. The highest BCUT2D eigenvalue weighted by Gasteiger charge is 2.33. The van der Waals surface area contributed by atoms with E-state index in [4.69, 9.17) is 0 Å². The molecule has 7 heteroatoms. The number of hydrogen-bond donors (Lipinski definition) is 2. The SMILES string of the molecule is CC1CC(CN(C)C(=O)C2CCCN(C3CCN(Cc4ccncc4)CC3)C2)NN1. The fraction of sp³-hybridized carbons (Fsp3) is 0.739. The van der Waals surface area contributed by atoms with Gasteiger partial charge in [-0.15, -0.1) is 0 Å². The van der Waals surface area contributed by atoms with Crippen LogP contribution in [0.4, 0.5) is 0 Å². The minimum atomic E-state index is 0.158. The molecule has 3 fully saturated rings. The van der Waals surface area contributed by atoms with E-state index in [0.29, 0.717) is 24.0 Å². The zero-order valence-corrected chi connectivity index (χ0v) is 18.6. The molecule has 3 unspecified atom stereocenters. The van der Waals surface area contributed by atoms with Crippen molar-refractivity contribution in [2.24, 2.45) is 5.92 Å². The van der Waals surface area contributed by atoms with E-state index in [-0.39, 0.29) is 5.92 Å². The number of aromatic nitrogens is 1. The molecule has 1 amide bonds. The van der Waals surface area contributed by atoms with Crippen molar-refractivity contribution in [1.82, 2.24) is 30.5 Å². The molecule has 3 aliphatic rings. The van der Waals surface area contributed by atoms with Gasteiger partial charge >= 0.3 is 0 Å². The van der Waals surface area contributed by atoms with Crippen molar-refractivity contribution in [2.75, 3.05) is 39.8 Å². The maximum atomic E-state index is 13.1. The van der Waals surface area contributed by atoms with Crippen molar-refractivity contribution >= 4 is 5.91 Å². The largest absolute Gasteiger partial charge is 0.344 e. The molecule has 0 aromatic carbocycles. The number of amides is 1. The first-order chi connectivity index (χ1) is 14.6. The predicted octanol–water partition coefficient (Wildman–Crippen LogP) is 1.47. The van der Waals surface area contributed by atoms with Crippen molar-refractivity contribution in [3.63, 3.8) is 0 Å². The Labute approximate surface area is 181 Å². The van der Waals surface area contributed by atoms with Crippen LogP contribution in [0, 0.1) is 5.92 Å². The molecule has 0 aliphatic carbocycles. The molecule has 1 aromatic heterocycles. The number of likely N-dealkylation sites (tertiary alicyclic amines) is 2. The summed E-state index contributed by atoms with van der Waals surface area (Å²) in [6, 6.07) is 5.69. The van der Waals surface area contributed by atoms with Gasteiger partial charge in [0.25, 0.3) is 0 Å². The lowest BCUT2D eigenvalue weighted by atomic mass is 9.92. The van der Waals surface area contributed by atoms with E-state index >= 15 is 0 Å². The number of carbonyl (C=O) groups excluding carboxylic acids is 1. The molecule has 7 nitrogen and oxygen atoms in total. The first kappa shape index (κ1) is 21.7. The minimum absolute atomic E-state index is 0.158. The number of carbonyl (C=O) groups is 1. The lowest BCUT2D eigenvalue weighted by Crippen LogP contribution is -2.51. The molecule has 4 heterocycles. The lowest BCUT2D eigenvalue weighted by molar-refractivity contribution is -0.136. The van der Waals surface area contributed by atoms with Gasteiger partial charge in [-0.3, -0.25) is 30.4 Å². The van der Waals surface area contributed by atoms with Crippen LogP contribution in [0.3, 0.4) is 0 Å². The highest BCUT2D eigenvalue weighted by molar-refractivity contribution is 5.79. The Hall–Kier alpha value is -1.54. The Morgan fingerprint density at radius 3 is 2.63 bits per heavy atom. The molecule has 3 saturated heterocycles. The van der Waals surface area contributed by atoms with E-state index in [1.54, 1.807) is 0 Å². The Bertz CT molecular complexity index is 678. The van der Waals surface area contributed by atoms with Crippen molar-refractivity contribution < 1.29 is 4.79 Å². The normalized spacial score (nSPS) is 29.2. The Morgan fingerprint density at radius 1 is 1.17 bits per heavy atom. The summed E-state index contributed by atoms with van der Waals surface area (Å²) in [6.07, 6.45) is 9.42. The highest BCUT2D eigenvalue weighted by Crippen LogP contribution is 2.25. The summed E-state index contributed by atoms with van der Waals surface area (Å²) in [5, 5.41) is 0. The second-order valence-corrected chi connectivity index (χ2v) is 9.54. The van der Waals surface area contributed by atoms with Gasteiger partial charge in [0.15, 0.2) is 0 Å². The van der Waals surface area contributed by atoms with Gasteiger partial charge in [0.05, 0.1) is 5.92 Å². The zero-order chi connectivity index (χ0) is 20.9. The summed E-state index contributed by atoms with van der Waals surface area (Å²) < 4.78 is 0. The third-order valence-corrected chi connectivity index (χ3v) is 7.07. The standard InChI is InChI=1S/C23H38N6O/c1-18-14-21(26-25-18)17-27(2)23(30)20-4-3-11-29(16-20)22-7-12-28(13-8-22)15-19-5-9-24-10-6-19/h5-6,9-10,18,20-22,25-26H,3-4,7-8,11-17H2,1-2H3. The molecule has 30 heavy (non-hydrogen) atoms. The number of hydrogen-bond acceptors (Lipinski definition) is 6. The smallest absolute Gasteiger partial charge is 0.226 e. The average molecular weight is 415 g/mol. The molecule has 0 bridgehead atoms. The summed E-state index contributed by atoms with van der Waals surface area (Å²) in [4.78, 5) is 24.3. The fourth-order valence-electron chi connectivity index (χ4n) is 5.39. The highest BCUT2D eigenvalue weighted by atomic mass is 16.2. The molecule has 1 aromatic rings. The molecule has 0 spiro atoms. The summed E-state index contributed by atoms with van der Waals surface area (Å²) in [5.74, 6) is 0.488. The Balaban J connectivity index is 1.23. The number of likely N-dealkylation sites (N-methyl/N-ethyl adjacent to an activating group) is 1. The minimum Gasteiger partial charge on any atom is -0.344 e. The quantitative estimate of drug-likeness (QED) is 0.735. The van der Waals surface area contributed by atoms with E-state index in [0.717, 1.165) is 58.5 Å². The van der Waals surface area contributed by atoms with Crippen molar-refractivity contribution in [2.45, 2.75) is 63.7 Å². The number of nitrogens with one attached hydrogen (secondary N) is 2. The average Bonchev–Trinajstić information content (AvgIpc) is 3.19. The van der Waals surface area contributed by atoms with Gasteiger partial charge in [0.2, 0.25) is 5.91 Å². The monoisotopic (exact) mass is 414 g/mol. The topological polar surface area (TPSA) is 63.7 Å². The second kappa shape index (κ2) is 10.2. The molecular weight excluding hydrogens is 376 g/mol. The van der Waals surface area contributed by atoms with Crippen LogP contribution in [0.1, 0.15) is 44.6 Å². The number of pyridine rings is 1. The van der Waals surface area contributed by atoms with Crippen LogP contribution in [0.2, 0.25) is 0 Å². The number of rotatable bonds is 6. The van der Waals surface area contributed by atoms with Gasteiger partial charge < -0.3 is 4.90 Å². The molecule has 3 atom stereocenters. The maximum Gasteiger partial charge on any atom is 0.226 e. The van der Waals surface area contributed by atoms with Crippen LogP contribution in [0.15, 0.2) is 24.5 Å². The van der Waals surface area contributed by atoms with E-state index in [9.17, 15) is 4.79 Å². The van der Waals surface area contributed by atoms with Crippen LogP contribution in [-0.2, 0) is 11.3 Å². The first-order valence-electron chi connectivity index (χ1n) is 11.7. The Morgan fingerprint density at radius 2 is 1.93 bits per heavy atom. The molecule has 0 saturated carbocycles. The number of hydrazine groups is 1. The molecule has 3 aliphatic heterocycles. The van der Waals surface area contributed by atoms with Gasteiger partial charge in [0, 0.05) is 57.2 Å². The molecule has 2 N–H and O–H groups in total. The third-order valence-electron chi connectivity index (χ3n) is 7.07. The summed E-state index contributed by atoms with van der Waals surface area (Å²) >= 11 is 0. The lowest BCUT2D eigenvalue weighted by Gasteiger charge is -2.42.